The maximum absolute atomic E-state index is 12.9. The fourth-order valence-corrected chi connectivity index (χ4v) is 5.59. The average Bonchev–Trinajstić information content (AvgIpc) is 2.86. The lowest BCUT2D eigenvalue weighted by molar-refractivity contribution is -0.0348. The summed E-state index contributed by atoms with van der Waals surface area (Å²) in [5.74, 6) is -0.179. The maximum Gasteiger partial charge on any atom is 0.257 e. The fraction of sp³-hybridized carbons (Fsp3) is 0.344. The second-order valence-corrected chi connectivity index (χ2v) is 11.5. The Hall–Kier alpha value is -3.57. The van der Waals surface area contributed by atoms with Gasteiger partial charge in [0.1, 0.15) is 0 Å². The number of benzene rings is 2. The number of aromatic nitrogens is 2. The first-order valence-electron chi connectivity index (χ1n) is 13.1. The molecule has 0 unspecified atom stereocenters. The number of nitrogens with one attached hydrogen (secondary N) is 1. The highest BCUT2D eigenvalue weighted by molar-refractivity contribution is 6.05. The summed E-state index contributed by atoms with van der Waals surface area (Å²) in [5.41, 5.74) is 6.67. The SMILES string of the molecule is Cc1ccc(-c2ccc(C(=O)Nc3ccc4nc(CN5C(C)(C)CCCC5(C)C)ccc4c3)cn2)cc1. The number of hydrogen-bond donors (Lipinski definition) is 1. The summed E-state index contributed by atoms with van der Waals surface area (Å²) in [6.45, 7) is 12.3. The Morgan fingerprint density at radius 2 is 1.65 bits per heavy atom. The normalized spacial score (nSPS) is 17.0. The number of piperidine rings is 1. The molecule has 1 aliphatic rings. The molecule has 2 aromatic carbocycles. The molecule has 3 heterocycles. The molecule has 1 fully saturated rings. The van der Waals surface area contributed by atoms with Crippen molar-refractivity contribution in [3.05, 3.63) is 89.7 Å². The Morgan fingerprint density at radius 1 is 0.919 bits per heavy atom. The number of rotatable bonds is 5. The van der Waals surface area contributed by atoms with Gasteiger partial charge in [-0.15, -0.1) is 0 Å². The molecule has 37 heavy (non-hydrogen) atoms. The number of amides is 1. The number of likely N-dealkylation sites (tertiary alicyclic amines) is 1. The van der Waals surface area contributed by atoms with E-state index in [9.17, 15) is 4.79 Å². The molecule has 0 bridgehead atoms. The van der Waals surface area contributed by atoms with Gasteiger partial charge >= 0.3 is 0 Å². The lowest BCUT2D eigenvalue weighted by Gasteiger charge is -2.52. The van der Waals surface area contributed by atoms with Crippen LogP contribution in [-0.4, -0.2) is 31.9 Å². The van der Waals surface area contributed by atoms with Crippen LogP contribution in [0, 0.1) is 6.92 Å². The van der Waals surface area contributed by atoms with Crippen molar-refractivity contribution in [3.8, 4) is 11.3 Å². The Bertz CT molecular complexity index is 1410. The molecule has 0 saturated carbocycles. The number of nitrogens with zero attached hydrogens (tertiary/aromatic N) is 3. The van der Waals surface area contributed by atoms with Crippen LogP contribution in [-0.2, 0) is 6.54 Å². The van der Waals surface area contributed by atoms with E-state index < -0.39 is 0 Å². The average molecular weight is 493 g/mol. The molecule has 190 valence electrons. The summed E-state index contributed by atoms with van der Waals surface area (Å²) in [5, 5.41) is 4.01. The van der Waals surface area contributed by atoms with E-state index in [0.29, 0.717) is 5.56 Å². The summed E-state index contributed by atoms with van der Waals surface area (Å²) in [6, 6.07) is 22.0. The smallest absolute Gasteiger partial charge is 0.257 e. The summed E-state index contributed by atoms with van der Waals surface area (Å²) in [7, 11) is 0. The van der Waals surface area contributed by atoms with Gasteiger partial charge in [-0.3, -0.25) is 19.7 Å². The molecule has 0 radical (unpaired) electrons. The van der Waals surface area contributed by atoms with Gasteiger partial charge in [0, 0.05) is 40.5 Å². The van der Waals surface area contributed by atoms with Crippen LogP contribution >= 0.6 is 0 Å². The fourth-order valence-electron chi connectivity index (χ4n) is 5.59. The third-order valence-electron chi connectivity index (χ3n) is 7.74. The van der Waals surface area contributed by atoms with Gasteiger partial charge in [-0.2, -0.15) is 0 Å². The molecular weight excluding hydrogens is 456 g/mol. The molecule has 1 amide bonds. The minimum absolute atomic E-state index is 0.153. The number of fused-ring (bicyclic) bond motifs is 1. The molecular formula is C32H36N4O. The predicted molar refractivity (Wildman–Crippen MR) is 152 cm³/mol. The standard InChI is InChI=1S/C32H36N4O/c1-22-7-9-23(10-8-22)28-15-12-25(20-33-28)30(37)35-26-14-16-29-24(19-26)11-13-27(34-29)21-36-31(2,3)17-6-18-32(36,4)5/h7-16,19-20H,6,17-18,21H2,1-5H3,(H,35,37). The van der Waals surface area contributed by atoms with Gasteiger partial charge in [0.25, 0.3) is 5.91 Å². The number of carbonyl (C=O) groups excluding carboxylic acids is 1. The van der Waals surface area contributed by atoms with E-state index in [1.807, 2.05) is 42.5 Å². The summed E-state index contributed by atoms with van der Waals surface area (Å²) in [6.07, 6.45) is 5.31. The molecule has 5 rings (SSSR count). The topological polar surface area (TPSA) is 58.1 Å². The Morgan fingerprint density at radius 3 is 2.32 bits per heavy atom. The lowest BCUT2D eigenvalue weighted by atomic mass is 9.79. The van der Waals surface area contributed by atoms with Crippen molar-refractivity contribution in [2.45, 2.75) is 71.5 Å². The molecule has 1 N–H and O–H groups in total. The van der Waals surface area contributed by atoms with Crippen molar-refractivity contribution >= 4 is 22.5 Å². The third-order valence-corrected chi connectivity index (χ3v) is 7.74. The summed E-state index contributed by atoms with van der Waals surface area (Å²) in [4.78, 5) is 24.9. The van der Waals surface area contributed by atoms with Crippen LogP contribution < -0.4 is 5.32 Å². The minimum Gasteiger partial charge on any atom is -0.322 e. The highest BCUT2D eigenvalue weighted by atomic mass is 16.1. The Labute approximate surface area is 220 Å². The van der Waals surface area contributed by atoms with Crippen LogP contribution in [0.3, 0.4) is 0 Å². The van der Waals surface area contributed by atoms with Gasteiger partial charge in [-0.1, -0.05) is 35.9 Å². The molecule has 5 nitrogen and oxygen atoms in total. The molecule has 0 aliphatic carbocycles. The van der Waals surface area contributed by atoms with Crippen molar-refractivity contribution in [3.63, 3.8) is 0 Å². The van der Waals surface area contributed by atoms with E-state index >= 15 is 0 Å². The lowest BCUT2D eigenvalue weighted by Crippen LogP contribution is -2.57. The van der Waals surface area contributed by atoms with Gasteiger partial charge in [0.2, 0.25) is 0 Å². The maximum atomic E-state index is 12.9. The van der Waals surface area contributed by atoms with E-state index in [-0.39, 0.29) is 17.0 Å². The summed E-state index contributed by atoms with van der Waals surface area (Å²) >= 11 is 0. The highest BCUT2D eigenvalue weighted by Gasteiger charge is 2.41. The largest absolute Gasteiger partial charge is 0.322 e. The monoisotopic (exact) mass is 492 g/mol. The van der Waals surface area contributed by atoms with E-state index in [0.717, 1.165) is 40.1 Å². The quantitative estimate of drug-likeness (QED) is 0.315. The zero-order chi connectivity index (χ0) is 26.2. The third kappa shape index (κ3) is 5.42. The molecule has 4 aromatic rings. The number of anilines is 1. The Kier molecular flexibility index (Phi) is 6.59. The van der Waals surface area contributed by atoms with Crippen molar-refractivity contribution in [1.82, 2.24) is 14.9 Å². The van der Waals surface area contributed by atoms with Crippen LogP contribution in [0.5, 0.6) is 0 Å². The van der Waals surface area contributed by atoms with Crippen LogP contribution in [0.25, 0.3) is 22.2 Å². The van der Waals surface area contributed by atoms with Gasteiger partial charge in [0.15, 0.2) is 0 Å². The van der Waals surface area contributed by atoms with Crippen LogP contribution in [0.1, 0.15) is 68.6 Å². The van der Waals surface area contributed by atoms with Gasteiger partial charge in [0.05, 0.1) is 22.5 Å². The van der Waals surface area contributed by atoms with Crippen LogP contribution in [0.4, 0.5) is 5.69 Å². The zero-order valence-corrected chi connectivity index (χ0v) is 22.5. The number of carbonyl (C=O) groups is 1. The molecule has 0 spiro atoms. The van der Waals surface area contributed by atoms with Gasteiger partial charge < -0.3 is 5.32 Å². The molecule has 0 atom stereocenters. The van der Waals surface area contributed by atoms with Crippen LogP contribution in [0.15, 0.2) is 72.9 Å². The molecule has 1 aliphatic heterocycles. The molecule has 1 saturated heterocycles. The first-order chi connectivity index (χ1) is 17.6. The predicted octanol–water partition coefficient (Wildman–Crippen LogP) is 7.40. The number of hydrogen-bond acceptors (Lipinski definition) is 4. The summed E-state index contributed by atoms with van der Waals surface area (Å²) < 4.78 is 0. The Balaban J connectivity index is 1.29. The first kappa shape index (κ1) is 25.1. The number of pyridine rings is 2. The molecule has 2 aromatic heterocycles. The van der Waals surface area contributed by atoms with Gasteiger partial charge in [-0.25, -0.2) is 0 Å². The number of aryl methyl sites for hydroxylation is 1. The van der Waals surface area contributed by atoms with E-state index in [2.05, 4.69) is 74.1 Å². The van der Waals surface area contributed by atoms with E-state index in [4.69, 9.17) is 4.98 Å². The minimum atomic E-state index is -0.179. The van der Waals surface area contributed by atoms with E-state index in [1.54, 1.807) is 6.20 Å². The van der Waals surface area contributed by atoms with Crippen molar-refractivity contribution in [1.29, 1.82) is 0 Å². The van der Waals surface area contributed by atoms with Gasteiger partial charge in [-0.05, 0) is 90.3 Å². The zero-order valence-electron chi connectivity index (χ0n) is 22.5. The van der Waals surface area contributed by atoms with Crippen LogP contribution in [0.2, 0.25) is 0 Å². The second kappa shape index (κ2) is 9.71. The van der Waals surface area contributed by atoms with Crippen molar-refractivity contribution in [2.75, 3.05) is 5.32 Å². The second-order valence-electron chi connectivity index (χ2n) is 11.5. The van der Waals surface area contributed by atoms with Crippen molar-refractivity contribution < 1.29 is 4.79 Å². The molecule has 5 heteroatoms. The highest BCUT2D eigenvalue weighted by Crippen LogP contribution is 2.39. The van der Waals surface area contributed by atoms with E-state index in [1.165, 1.54) is 24.8 Å². The van der Waals surface area contributed by atoms with Crippen molar-refractivity contribution in [2.24, 2.45) is 0 Å². The first-order valence-corrected chi connectivity index (χ1v) is 13.1.